The van der Waals surface area contributed by atoms with Crippen LogP contribution in [0.1, 0.15) is 103 Å². The molecule has 0 spiro atoms. The van der Waals surface area contributed by atoms with Gasteiger partial charge in [0.25, 0.3) is 12.1 Å². The Hall–Kier alpha value is -4.95. The summed E-state index contributed by atoms with van der Waals surface area (Å²) in [5.74, 6) is 0. The fraction of sp³-hybridized carbons (Fsp3) is 0.453. The smallest absolute Gasteiger partial charge is 0.626 e. The summed E-state index contributed by atoms with van der Waals surface area (Å²) >= 11 is 0. The maximum absolute atomic E-state index is 7.32. The Labute approximate surface area is 952 Å². The van der Waals surface area contributed by atoms with E-state index >= 15 is 0 Å². The molecule has 8 heterocycles. The number of benzene rings is 7. The molecule has 142 heavy (non-hydrogen) atoms. The van der Waals surface area contributed by atoms with E-state index in [2.05, 4.69) is 200 Å². The molecule has 36 heteroatoms. The first kappa shape index (κ1) is 135. The maximum atomic E-state index is 7.32. The van der Waals surface area contributed by atoms with Gasteiger partial charge in [-0.1, -0.05) is 182 Å². The number of para-hydroxylation sites is 6. The van der Waals surface area contributed by atoms with Crippen molar-refractivity contribution in [2.75, 3.05) is 212 Å². The van der Waals surface area contributed by atoms with Crippen LogP contribution in [-0.2, 0) is 118 Å². The van der Waals surface area contributed by atoms with E-state index in [1.807, 2.05) is 90.1 Å². The first-order chi connectivity index (χ1) is 67.3. The van der Waals surface area contributed by atoms with Crippen LogP contribution < -0.4 is 176 Å². The van der Waals surface area contributed by atoms with Gasteiger partial charge < -0.3 is 86.7 Å². The molecule has 15 rings (SSSR count). The minimum Gasteiger partial charge on any atom is -0.626 e. The van der Waals surface area contributed by atoms with E-state index in [4.69, 9.17) is 135 Å². The molecule has 2 aliphatic heterocycles. The molecule has 13 aromatic rings. The van der Waals surface area contributed by atoms with E-state index < -0.39 is 31.7 Å². The molecule has 2 fully saturated rings. The Bertz CT molecular complexity index is 4690. The molecule has 2 saturated heterocycles. The predicted molar refractivity (Wildman–Crippen MR) is 562 cm³/mol. The van der Waals surface area contributed by atoms with Crippen LogP contribution in [0.3, 0.4) is 0 Å². The van der Waals surface area contributed by atoms with Crippen molar-refractivity contribution in [3.63, 3.8) is 0 Å². The number of aryl methyl sites for hydroxylation is 6. The Morgan fingerprint density at radius 1 is 0.254 bits per heavy atom. The molecule has 28 nitrogen and oxygen atoms in total. The molecule has 2 aliphatic rings. The van der Waals surface area contributed by atoms with Crippen LogP contribution in [0.4, 0.5) is 0 Å². The Morgan fingerprint density at radius 3 is 0.458 bits per heavy atom. The average molecular weight is 2180 g/mol. The third kappa shape index (κ3) is 46.3. The number of nitrogens with zero attached hydrogens (tertiary/aromatic N) is 8. The van der Waals surface area contributed by atoms with Gasteiger partial charge in [0, 0.05) is 61.0 Å². The molecule has 0 aliphatic carbocycles. The van der Waals surface area contributed by atoms with Gasteiger partial charge >= 0.3 is 154 Å². The minimum atomic E-state index is -2.19. The van der Waals surface area contributed by atoms with Crippen molar-refractivity contribution >= 4 is 130 Å². The molecule has 0 radical (unpaired) electrons. The van der Waals surface area contributed by atoms with Crippen molar-refractivity contribution in [3.8, 4) is 24.3 Å². The van der Waals surface area contributed by atoms with Gasteiger partial charge in [0.15, 0.2) is 0 Å². The zero-order chi connectivity index (χ0) is 100. The standard InChI is InChI=1S/2C28H24N3P.2C12H24O6.2C6H16O3P.C6H6.4C2H3N.2Cu.2K/c2*1-17-20-11-5-8-14-23(20)29-26(17)32(4,27-18(2)21-12-6-9-15-24(21)30-27)28-19(3)22-13-7-10-16-25(22)31-28;2*1-2-14-5-6-16-9-10-18-12-11-17-8-7-15-4-3-13-1;2*1-4-7-10(8-5-2)9-6-3;1-2-4-6-5-3-1;4*1-2-3;;;;/h2*5-16H,1-4H3;2*1-12H2;2*10H,4-6H2,1-3H3;1-6H;4*1H3;;;;/q2*-2;;;2*+1;;;;;;4*+1/p+2. The van der Waals surface area contributed by atoms with Crippen LogP contribution in [-0.4, -0.2) is 212 Å². The monoisotopic (exact) mass is 2180 g/mol. The SMILES string of the molecule is C1COCCOCCOCCOCCOCCO1.C1COCCOCCOCCOCCOCCO1.CC#N.CC#N.CC#[NH+].CC#[NH+].CCO[PH+](OCC)OCC.CCO[PH+](OCC)OCC.Cc1c([P+](C)(c2[n-]c3ccccc3c2C)c2[n-]c3ccccc3c2C)[n-]c2ccccc12.Cc1c([P+](C)(c2[n-]c3ccccc3c2C)c2[n-]c3ccccc3c2C)[n-]c2ccccc12.[Cu+].[Cu+].[K+].[K+].c1ccccc1. The molecule has 0 bridgehead atoms. The van der Waals surface area contributed by atoms with Crippen molar-refractivity contribution < 1.29 is 231 Å². The van der Waals surface area contributed by atoms with Crippen molar-refractivity contribution in [2.24, 2.45) is 0 Å². The Kier molecular flexibility index (Phi) is 78.8. The minimum absolute atomic E-state index is 0. The molecule has 770 valence electrons. The second-order valence-electron chi connectivity index (χ2n) is 30.0. The molecular weight excluding hydrogens is 2030 g/mol. The van der Waals surface area contributed by atoms with Crippen LogP contribution in [0.5, 0.6) is 0 Å². The summed E-state index contributed by atoms with van der Waals surface area (Å²) in [6.45, 7) is 53.6. The Balaban J connectivity index is 0.000000853. The van der Waals surface area contributed by atoms with Crippen molar-refractivity contribution in [3.05, 3.63) is 215 Å². The van der Waals surface area contributed by atoms with Gasteiger partial charge in [-0.2, -0.15) is 37.7 Å². The third-order valence-electron chi connectivity index (χ3n) is 20.5. The number of hydrogen-bond acceptors (Lipinski definition) is 20. The largest absolute Gasteiger partial charge is 1.00 e. The van der Waals surface area contributed by atoms with Gasteiger partial charge in [-0.15, -0.1) is 43.6 Å². The quantitative estimate of drug-likeness (QED) is 0.0601. The first-order valence-corrected chi connectivity index (χ1v) is 53.9. The molecule has 7 aromatic carbocycles. The van der Waals surface area contributed by atoms with Crippen molar-refractivity contribution in [1.29, 1.82) is 10.5 Å². The molecule has 0 atom stereocenters. The summed E-state index contributed by atoms with van der Waals surface area (Å²) in [5, 5.41) is 33.9. The van der Waals surface area contributed by atoms with E-state index in [0.717, 1.165) is 65.7 Å². The van der Waals surface area contributed by atoms with Gasteiger partial charge in [0.2, 0.25) is 0 Å². The number of rotatable bonds is 18. The second kappa shape index (κ2) is 82.9. The number of aromatic nitrogens is 6. The molecular formula is C106H148Cu2K2N10O18P4+4. The normalized spacial score (nSPS) is 13.7. The number of nitrogens with one attached hydrogen (secondary N) is 2. The first-order valence-electron chi connectivity index (χ1n) is 47.0. The van der Waals surface area contributed by atoms with Gasteiger partial charge in [-0.3, -0.25) is 0 Å². The van der Waals surface area contributed by atoms with Gasteiger partial charge in [0.1, 0.15) is 0 Å². The van der Waals surface area contributed by atoms with Crippen LogP contribution >= 0.6 is 31.7 Å². The topological polar surface area (TPSA) is 346 Å². The summed E-state index contributed by atoms with van der Waals surface area (Å²) in [6, 6.07) is 70.2. The summed E-state index contributed by atoms with van der Waals surface area (Å²) in [4.78, 5) is 31.4. The van der Waals surface area contributed by atoms with E-state index in [9.17, 15) is 0 Å². The molecule has 0 unspecified atom stereocenters. The predicted octanol–water partition coefficient (Wildman–Crippen LogP) is 8.35. The van der Waals surface area contributed by atoms with Crippen molar-refractivity contribution in [2.45, 2.75) is 111 Å². The van der Waals surface area contributed by atoms with Crippen molar-refractivity contribution in [1.82, 2.24) is 29.9 Å². The maximum Gasteiger partial charge on any atom is 1.00 e. The van der Waals surface area contributed by atoms with Crippen LogP contribution in [0.15, 0.2) is 182 Å². The fourth-order valence-electron chi connectivity index (χ4n) is 14.4. The van der Waals surface area contributed by atoms with E-state index in [1.54, 1.807) is 26.0 Å². The van der Waals surface area contributed by atoms with E-state index in [-0.39, 0.29) is 137 Å². The van der Waals surface area contributed by atoms with E-state index in [0.29, 0.717) is 198 Å². The van der Waals surface area contributed by atoms with Crippen LogP contribution in [0.25, 0.3) is 65.4 Å². The van der Waals surface area contributed by atoms with Gasteiger partial charge in [-0.25, -0.2) is 0 Å². The van der Waals surface area contributed by atoms with Crippen LogP contribution in [0, 0.1) is 76.3 Å². The van der Waals surface area contributed by atoms with Gasteiger partial charge in [0.05, 0.1) is 238 Å². The van der Waals surface area contributed by atoms with Crippen LogP contribution in [0.2, 0.25) is 0 Å². The zero-order valence-electron chi connectivity index (χ0n) is 87.0. The fourth-order valence-corrected chi connectivity index (χ4v) is 24.1. The summed E-state index contributed by atoms with van der Waals surface area (Å²) in [6.07, 6.45) is 0. The third-order valence-corrected chi connectivity index (χ3v) is 31.3. The zero-order valence-corrected chi connectivity index (χ0v) is 98.9. The number of ether oxygens (including phenoxy) is 12. The summed E-state index contributed by atoms with van der Waals surface area (Å²) in [7, 11) is -7.17. The molecule has 0 amide bonds. The molecule has 6 aromatic heterocycles. The Morgan fingerprint density at radius 2 is 0.359 bits per heavy atom. The number of fused-ring (bicyclic) bond motifs is 6. The number of nitriles is 2. The number of hydrogen-bond donors (Lipinski definition) is 2. The van der Waals surface area contributed by atoms with E-state index in [1.165, 1.54) is 79.5 Å². The van der Waals surface area contributed by atoms with Gasteiger partial charge in [-0.05, 0) is 149 Å². The summed E-state index contributed by atoms with van der Waals surface area (Å²) < 4.78 is 95.0. The average Bonchev–Trinajstić information content (AvgIpc) is 1.56. The second-order valence-corrected chi connectivity index (χ2v) is 39.3. The summed E-state index contributed by atoms with van der Waals surface area (Å²) in [5.41, 5.74) is 20.7. The molecule has 2 N–H and O–H groups in total. The molecule has 0 saturated carbocycles.